The molecule has 0 bridgehead atoms. The largest absolute Gasteiger partial charge is 0.376 e. The lowest BCUT2D eigenvalue weighted by atomic mass is 10.1. The molecule has 1 saturated heterocycles. The summed E-state index contributed by atoms with van der Waals surface area (Å²) in [6, 6.07) is 3.64. The Bertz CT molecular complexity index is 680. The molecule has 0 aromatic carbocycles. The van der Waals surface area contributed by atoms with Crippen molar-refractivity contribution in [3.8, 4) is 0 Å². The highest BCUT2D eigenvalue weighted by molar-refractivity contribution is 7.09. The average Bonchev–Trinajstić information content (AvgIpc) is 3.18. The van der Waals surface area contributed by atoms with E-state index in [4.69, 9.17) is 4.74 Å². The summed E-state index contributed by atoms with van der Waals surface area (Å²) in [6.07, 6.45) is 3.90. The summed E-state index contributed by atoms with van der Waals surface area (Å²) in [4.78, 5) is 23.5. The molecular formula is C17H21N3O2S. The number of aryl methyl sites for hydroxylation is 2. The fraction of sp³-hybridized carbons (Fsp3) is 0.471. The zero-order valence-electron chi connectivity index (χ0n) is 13.5. The molecule has 2 aromatic rings. The van der Waals surface area contributed by atoms with Gasteiger partial charge in [0, 0.05) is 36.1 Å². The zero-order valence-corrected chi connectivity index (χ0v) is 14.3. The van der Waals surface area contributed by atoms with Crippen LogP contribution in [0, 0.1) is 13.8 Å². The van der Waals surface area contributed by atoms with Gasteiger partial charge in [-0.05, 0) is 38.8 Å². The van der Waals surface area contributed by atoms with E-state index in [-0.39, 0.29) is 12.0 Å². The van der Waals surface area contributed by atoms with Crippen molar-refractivity contribution in [3.63, 3.8) is 0 Å². The molecule has 0 N–H and O–H groups in total. The second-order valence-corrected chi connectivity index (χ2v) is 6.78. The first kappa shape index (κ1) is 16.1. The van der Waals surface area contributed by atoms with Gasteiger partial charge < -0.3 is 9.64 Å². The van der Waals surface area contributed by atoms with E-state index in [1.165, 1.54) is 0 Å². The maximum absolute atomic E-state index is 13.0. The number of hydrogen-bond acceptors (Lipinski definition) is 5. The molecule has 1 fully saturated rings. The van der Waals surface area contributed by atoms with Crippen LogP contribution in [-0.2, 0) is 11.3 Å². The Morgan fingerprint density at radius 2 is 2.35 bits per heavy atom. The van der Waals surface area contributed by atoms with Crippen LogP contribution < -0.4 is 0 Å². The molecular weight excluding hydrogens is 310 g/mol. The standard InChI is InChI=1S/C17H21N3O2S/c1-12-11-23-16(19-12)10-20(9-14-5-4-8-22-14)17(21)15-6-3-7-18-13(15)2/h3,6-7,11,14H,4-5,8-10H2,1-2H3/t14-/m0/s1. The van der Waals surface area contributed by atoms with Gasteiger partial charge in [0.05, 0.1) is 18.2 Å². The molecule has 0 radical (unpaired) electrons. The number of hydrogen-bond donors (Lipinski definition) is 0. The van der Waals surface area contributed by atoms with Gasteiger partial charge in [0.15, 0.2) is 0 Å². The Hall–Kier alpha value is -1.79. The van der Waals surface area contributed by atoms with Gasteiger partial charge in [-0.1, -0.05) is 0 Å². The Kier molecular flexibility index (Phi) is 5.03. The number of carbonyl (C=O) groups excluding carboxylic acids is 1. The van der Waals surface area contributed by atoms with Gasteiger partial charge in [0.1, 0.15) is 5.01 Å². The minimum absolute atomic E-state index is 0.000969. The monoisotopic (exact) mass is 331 g/mol. The molecule has 3 rings (SSSR count). The van der Waals surface area contributed by atoms with E-state index in [1.807, 2.05) is 30.2 Å². The van der Waals surface area contributed by atoms with Gasteiger partial charge in [-0.3, -0.25) is 9.78 Å². The Labute approximate surface area is 140 Å². The molecule has 5 nitrogen and oxygen atoms in total. The lowest BCUT2D eigenvalue weighted by molar-refractivity contribution is 0.0506. The van der Waals surface area contributed by atoms with E-state index in [1.54, 1.807) is 23.6 Å². The van der Waals surface area contributed by atoms with Crippen LogP contribution in [0.3, 0.4) is 0 Å². The third-order valence-electron chi connectivity index (χ3n) is 3.97. The molecule has 1 aliphatic rings. The van der Waals surface area contributed by atoms with Crippen LogP contribution in [0.15, 0.2) is 23.7 Å². The molecule has 1 aliphatic heterocycles. The van der Waals surface area contributed by atoms with E-state index in [0.29, 0.717) is 18.7 Å². The summed E-state index contributed by atoms with van der Waals surface area (Å²) < 4.78 is 5.72. The van der Waals surface area contributed by atoms with Crippen LogP contribution in [0.5, 0.6) is 0 Å². The van der Waals surface area contributed by atoms with Gasteiger partial charge in [-0.15, -0.1) is 11.3 Å². The van der Waals surface area contributed by atoms with Crippen LogP contribution in [0.1, 0.15) is 39.6 Å². The second kappa shape index (κ2) is 7.19. The van der Waals surface area contributed by atoms with Crippen LogP contribution in [-0.4, -0.2) is 40.0 Å². The maximum atomic E-state index is 13.0. The van der Waals surface area contributed by atoms with Crippen molar-refractivity contribution in [2.75, 3.05) is 13.2 Å². The number of pyridine rings is 1. The molecule has 23 heavy (non-hydrogen) atoms. The molecule has 0 saturated carbocycles. The summed E-state index contributed by atoms with van der Waals surface area (Å²) in [5, 5.41) is 2.97. The van der Waals surface area contributed by atoms with Crippen LogP contribution >= 0.6 is 11.3 Å². The predicted molar refractivity (Wildman–Crippen MR) is 89.5 cm³/mol. The lowest BCUT2D eigenvalue weighted by Gasteiger charge is -2.25. The van der Waals surface area contributed by atoms with Crippen molar-refractivity contribution in [1.82, 2.24) is 14.9 Å². The molecule has 0 unspecified atom stereocenters. The Morgan fingerprint density at radius 3 is 3.00 bits per heavy atom. The van der Waals surface area contributed by atoms with Gasteiger partial charge in [-0.25, -0.2) is 4.98 Å². The van der Waals surface area contributed by atoms with Gasteiger partial charge in [0.25, 0.3) is 5.91 Å². The number of carbonyl (C=O) groups is 1. The molecule has 1 amide bonds. The number of amides is 1. The summed E-state index contributed by atoms with van der Waals surface area (Å²) in [5.41, 5.74) is 2.40. The average molecular weight is 331 g/mol. The fourth-order valence-electron chi connectivity index (χ4n) is 2.77. The number of aromatic nitrogens is 2. The normalized spacial score (nSPS) is 17.4. The number of thiazole rings is 1. The van der Waals surface area contributed by atoms with Gasteiger partial charge in [-0.2, -0.15) is 0 Å². The smallest absolute Gasteiger partial charge is 0.256 e. The summed E-state index contributed by atoms with van der Waals surface area (Å²) >= 11 is 1.59. The van der Waals surface area contributed by atoms with Crippen LogP contribution in [0.2, 0.25) is 0 Å². The fourth-order valence-corrected chi connectivity index (χ4v) is 3.56. The van der Waals surface area contributed by atoms with Crippen molar-refractivity contribution in [1.29, 1.82) is 0 Å². The highest BCUT2D eigenvalue weighted by atomic mass is 32.1. The van der Waals surface area contributed by atoms with E-state index in [9.17, 15) is 4.79 Å². The highest BCUT2D eigenvalue weighted by Gasteiger charge is 2.25. The second-order valence-electron chi connectivity index (χ2n) is 5.84. The van der Waals surface area contributed by atoms with E-state index >= 15 is 0 Å². The Morgan fingerprint density at radius 1 is 1.48 bits per heavy atom. The third kappa shape index (κ3) is 3.95. The van der Waals surface area contributed by atoms with Crippen molar-refractivity contribution >= 4 is 17.2 Å². The third-order valence-corrected chi connectivity index (χ3v) is 4.92. The summed E-state index contributed by atoms with van der Waals surface area (Å²) in [7, 11) is 0. The minimum atomic E-state index is -0.000969. The first-order chi connectivity index (χ1) is 11.1. The van der Waals surface area contributed by atoms with Crippen LogP contribution in [0.25, 0.3) is 0 Å². The lowest BCUT2D eigenvalue weighted by Crippen LogP contribution is -2.37. The highest BCUT2D eigenvalue weighted by Crippen LogP contribution is 2.19. The number of rotatable bonds is 5. The molecule has 3 heterocycles. The first-order valence-electron chi connectivity index (χ1n) is 7.87. The van der Waals surface area contributed by atoms with Gasteiger partial charge >= 0.3 is 0 Å². The number of ether oxygens (including phenoxy) is 1. The van der Waals surface area contributed by atoms with Gasteiger partial charge in [0.2, 0.25) is 0 Å². The zero-order chi connectivity index (χ0) is 16.2. The van der Waals surface area contributed by atoms with Crippen molar-refractivity contribution in [3.05, 3.63) is 45.7 Å². The minimum Gasteiger partial charge on any atom is -0.376 e. The van der Waals surface area contributed by atoms with E-state index in [2.05, 4.69) is 9.97 Å². The van der Waals surface area contributed by atoms with E-state index < -0.39 is 0 Å². The van der Waals surface area contributed by atoms with Crippen molar-refractivity contribution < 1.29 is 9.53 Å². The molecule has 0 spiro atoms. The van der Waals surface area contributed by atoms with Crippen molar-refractivity contribution in [2.45, 2.75) is 39.3 Å². The molecule has 6 heteroatoms. The van der Waals surface area contributed by atoms with Crippen LogP contribution in [0.4, 0.5) is 0 Å². The first-order valence-corrected chi connectivity index (χ1v) is 8.75. The molecule has 0 aliphatic carbocycles. The summed E-state index contributed by atoms with van der Waals surface area (Å²) in [5.74, 6) is -0.000969. The molecule has 122 valence electrons. The maximum Gasteiger partial charge on any atom is 0.256 e. The van der Waals surface area contributed by atoms with Crippen molar-refractivity contribution in [2.24, 2.45) is 0 Å². The Balaban J connectivity index is 1.81. The topological polar surface area (TPSA) is 55.3 Å². The molecule has 1 atom stereocenters. The quantitative estimate of drug-likeness (QED) is 0.845. The van der Waals surface area contributed by atoms with E-state index in [0.717, 1.165) is 35.8 Å². The predicted octanol–water partition coefficient (Wildman–Crippen LogP) is 2.98. The molecule has 2 aromatic heterocycles. The number of nitrogens with zero attached hydrogens (tertiary/aromatic N) is 3. The summed E-state index contributed by atoms with van der Waals surface area (Å²) in [6.45, 7) is 5.74. The SMILES string of the molecule is Cc1csc(CN(C[C@@H]2CCCO2)C(=O)c2cccnc2C)n1.